The van der Waals surface area contributed by atoms with E-state index in [1.165, 1.54) is 4.90 Å². The molecule has 0 bridgehead atoms. The van der Waals surface area contributed by atoms with Crippen molar-refractivity contribution in [3.05, 3.63) is 53.4 Å². The van der Waals surface area contributed by atoms with Crippen LogP contribution in [-0.2, 0) is 6.42 Å². The summed E-state index contributed by atoms with van der Waals surface area (Å²) < 4.78 is 5.37. The topological polar surface area (TPSA) is 25.2 Å². The maximum Gasteiger partial charge on any atom is 0.105 e. The first-order chi connectivity index (χ1) is 8.78. The van der Waals surface area contributed by atoms with Crippen LogP contribution in [0.3, 0.4) is 0 Å². The summed E-state index contributed by atoms with van der Waals surface area (Å²) in [6, 6.07) is 12.3. The smallest absolute Gasteiger partial charge is 0.105 e. The van der Waals surface area contributed by atoms with Crippen molar-refractivity contribution in [1.29, 1.82) is 0 Å². The second kappa shape index (κ2) is 6.88. The average molecular weight is 282 g/mol. The summed E-state index contributed by atoms with van der Waals surface area (Å²) in [5.74, 6) is 2.00. The Morgan fingerprint density at radius 3 is 2.89 bits per heavy atom. The summed E-state index contributed by atoms with van der Waals surface area (Å²) >= 11 is 7.77. The lowest BCUT2D eigenvalue weighted by atomic mass is 10.2. The molecule has 2 nitrogen and oxygen atoms in total. The molecule has 96 valence electrons. The number of rotatable bonds is 6. The van der Waals surface area contributed by atoms with Crippen LogP contribution in [0.25, 0.3) is 0 Å². The van der Waals surface area contributed by atoms with Gasteiger partial charge >= 0.3 is 0 Å². The molecular weight excluding hydrogens is 266 g/mol. The molecule has 0 saturated heterocycles. The van der Waals surface area contributed by atoms with E-state index in [1.54, 1.807) is 18.0 Å². The molecule has 0 aliphatic carbocycles. The SMILES string of the molecule is CNC(CSc1cccc(Cl)c1)Cc1ccco1. The molecule has 0 fully saturated rings. The zero-order valence-electron chi connectivity index (χ0n) is 10.2. The molecular formula is C14H16ClNOS. The molecule has 0 aliphatic heterocycles. The van der Waals surface area contributed by atoms with Crippen molar-refractivity contribution >= 4 is 23.4 Å². The van der Waals surface area contributed by atoms with Crippen molar-refractivity contribution in [3.8, 4) is 0 Å². The van der Waals surface area contributed by atoms with E-state index < -0.39 is 0 Å². The number of hydrogen-bond donors (Lipinski definition) is 1. The third-order valence-corrected chi connectivity index (χ3v) is 4.07. The number of thioether (sulfide) groups is 1. The fourth-order valence-electron chi connectivity index (χ4n) is 1.67. The van der Waals surface area contributed by atoms with Crippen LogP contribution < -0.4 is 5.32 Å². The van der Waals surface area contributed by atoms with E-state index >= 15 is 0 Å². The predicted molar refractivity (Wildman–Crippen MR) is 77.4 cm³/mol. The second-order valence-electron chi connectivity index (χ2n) is 4.04. The Hall–Kier alpha value is -0.900. The van der Waals surface area contributed by atoms with Gasteiger partial charge in [0.2, 0.25) is 0 Å². The Labute approximate surface area is 117 Å². The van der Waals surface area contributed by atoms with E-state index in [2.05, 4.69) is 11.4 Å². The van der Waals surface area contributed by atoms with Crippen molar-refractivity contribution < 1.29 is 4.42 Å². The highest BCUT2D eigenvalue weighted by atomic mass is 35.5. The number of benzene rings is 1. The Kier molecular flexibility index (Phi) is 5.17. The Balaban J connectivity index is 1.87. The van der Waals surface area contributed by atoms with Crippen LogP contribution in [0.15, 0.2) is 52.0 Å². The van der Waals surface area contributed by atoms with E-state index in [9.17, 15) is 0 Å². The van der Waals surface area contributed by atoms with Crippen LogP contribution in [0.1, 0.15) is 5.76 Å². The maximum atomic E-state index is 5.97. The van der Waals surface area contributed by atoms with Gasteiger partial charge in [0, 0.05) is 28.1 Å². The second-order valence-corrected chi connectivity index (χ2v) is 5.57. The van der Waals surface area contributed by atoms with E-state index in [4.69, 9.17) is 16.0 Å². The molecule has 1 unspecified atom stereocenters. The summed E-state index contributed by atoms with van der Waals surface area (Å²) in [7, 11) is 1.98. The van der Waals surface area contributed by atoms with Gasteiger partial charge in [-0.1, -0.05) is 17.7 Å². The lowest BCUT2D eigenvalue weighted by Gasteiger charge is -2.14. The summed E-state index contributed by atoms with van der Waals surface area (Å²) in [5.41, 5.74) is 0. The highest BCUT2D eigenvalue weighted by molar-refractivity contribution is 7.99. The number of halogens is 1. The van der Waals surface area contributed by atoms with Gasteiger partial charge in [0.15, 0.2) is 0 Å². The third kappa shape index (κ3) is 4.09. The van der Waals surface area contributed by atoms with Gasteiger partial charge in [-0.05, 0) is 37.4 Å². The Bertz CT molecular complexity index is 472. The lowest BCUT2D eigenvalue weighted by molar-refractivity contribution is 0.474. The lowest BCUT2D eigenvalue weighted by Crippen LogP contribution is -2.29. The molecule has 1 aromatic carbocycles. The van der Waals surface area contributed by atoms with Gasteiger partial charge in [-0.15, -0.1) is 11.8 Å². The molecule has 1 N–H and O–H groups in total. The fourth-order valence-corrected chi connectivity index (χ4v) is 2.99. The average Bonchev–Trinajstić information content (AvgIpc) is 2.87. The molecule has 1 heterocycles. The summed E-state index contributed by atoms with van der Waals surface area (Å²) in [6.45, 7) is 0. The standard InChI is InChI=1S/C14H16ClNOS/c1-16-12(9-13-5-3-7-17-13)10-18-14-6-2-4-11(15)8-14/h2-8,12,16H,9-10H2,1H3. The third-order valence-electron chi connectivity index (χ3n) is 2.68. The van der Waals surface area contributed by atoms with Gasteiger partial charge in [0.25, 0.3) is 0 Å². The van der Waals surface area contributed by atoms with E-state index in [1.807, 2.05) is 37.4 Å². The van der Waals surface area contributed by atoms with E-state index in [-0.39, 0.29) is 0 Å². The molecule has 0 spiro atoms. The highest BCUT2D eigenvalue weighted by Crippen LogP contribution is 2.22. The number of furan rings is 1. The largest absolute Gasteiger partial charge is 0.469 e. The van der Waals surface area contributed by atoms with Crippen LogP contribution in [0.4, 0.5) is 0 Å². The minimum absolute atomic E-state index is 0.389. The minimum atomic E-state index is 0.389. The van der Waals surface area contributed by atoms with Crippen molar-refractivity contribution in [2.75, 3.05) is 12.8 Å². The van der Waals surface area contributed by atoms with Gasteiger partial charge in [0.05, 0.1) is 6.26 Å². The van der Waals surface area contributed by atoms with Crippen molar-refractivity contribution in [3.63, 3.8) is 0 Å². The van der Waals surface area contributed by atoms with Gasteiger partial charge in [-0.3, -0.25) is 0 Å². The summed E-state index contributed by atoms with van der Waals surface area (Å²) in [6.07, 6.45) is 2.61. The zero-order valence-corrected chi connectivity index (χ0v) is 11.8. The van der Waals surface area contributed by atoms with Crippen molar-refractivity contribution in [1.82, 2.24) is 5.32 Å². The zero-order chi connectivity index (χ0) is 12.8. The monoisotopic (exact) mass is 281 g/mol. The summed E-state index contributed by atoms with van der Waals surface area (Å²) in [4.78, 5) is 1.20. The van der Waals surface area contributed by atoms with E-state index in [0.29, 0.717) is 6.04 Å². The number of hydrogen-bond acceptors (Lipinski definition) is 3. The van der Waals surface area contributed by atoms with Crippen molar-refractivity contribution in [2.45, 2.75) is 17.4 Å². The number of likely N-dealkylation sites (N-methyl/N-ethyl adjacent to an activating group) is 1. The molecule has 0 saturated carbocycles. The minimum Gasteiger partial charge on any atom is -0.469 e. The van der Waals surface area contributed by atoms with Gasteiger partial charge in [-0.2, -0.15) is 0 Å². The molecule has 0 radical (unpaired) electrons. The maximum absolute atomic E-state index is 5.97. The first-order valence-electron chi connectivity index (χ1n) is 5.86. The van der Waals surface area contributed by atoms with Crippen LogP contribution in [0, 0.1) is 0 Å². The fraction of sp³-hybridized carbons (Fsp3) is 0.286. The Morgan fingerprint density at radius 2 is 2.22 bits per heavy atom. The van der Waals surface area contributed by atoms with E-state index in [0.717, 1.165) is 23.0 Å². The predicted octanol–water partition coefficient (Wildman–Crippen LogP) is 3.86. The van der Waals surface area contributed by atoms with Gasteiger partial charge in [0.1, 0.15) is 5.76 Å². The molecule has 1 atom stereocenters. The first kappa shape index (κ1) is 13.5. The molecule has 4 heteroatoms. The highest BCUT2D eigenvalue weighted by Gasteiger charge is 2.09. The van der Waals surface area contributed by atoms with Crippen LogP contribution in [0.5, 0.6) is 0 Å². The Morgan fingerprint density at radius 1 is 1.33 bits per heavy atom. The van der Waals surface area contributed by atoms with Gasteiger partial charge in [-0.25, -0.2) is 0 Å². The van der Waals surface area contributed by atoms with Crippen LogP contribution in [-0.4, -0.2) is 18.8 Å². The number of nitrogens with one attached hydrogen (secondary N) is 1. The molecule has 2 aromatic rings. The molecule has 0 aliphatic rings. The molecule has 2 rings (SSSR count). The quantitative estimate of drug-likeness (QED) is 0.814. The van der Waals surface area contributed by atoms with Crippen molar-refractivity contribution in [2.24, 2.45) is 0 Å². The summed E-state index contributed by atoms with van der Waals surface area (Å²) in [5, 5.41) is 4.10. The van der Waals surface area contributed by atoms with Gasteiger partial charge < -0.3 is 9.73 Å². The normalized spacial score (nSPS) is 12.6. The molecule has 18 heavy (non-hydrogen) atoms. The van der Waals surface area contributed by atoms with Crippen LogP contribution in [0.2, 0.25) is 5.02 Å². The molecule has 1 aromatic heterocycles. The first-order valence-corrected chi connectivity index (χ1v) is 7.22. The van der Waals surface area contributed by atoms with Crippen LogP contribution >= 0.6 is 23.4 Å². The molecule has 0 amide bonds.